The van der Waals surface area contributed by atoms with Gasteiger partial charge >= 0.3 is 5.97 Å². The number of halogens is 1. The largest absolute Gasteiger partial charge is 0.495 e. The molecule has 2 aromatic rings. The molecule has 0 bridgehead atoms. The lowest BCUT2D eigenvalue weighted by molar-refractivity contribution is 0.0562. The van der Waals surface area contributed by atoms with E-state index in [0.717, 1.165) is 5.69 Å². The van der Waals surface area contributed by atoms with Gasteiger partial charge in [-0.3, -0.25) is 0 Å². The molecule has 1 N–H and O–H groups in total. The fourth-order valence-electron chi connectivity index (χ4n) is 1.87. The first-order chi connectivity index (χ1) is 10.0. The molecule has 0 fully saturated rings. The number of nitrogens with one attached hydrogen (secondary N) is 1. The Morgan fingerprint density at radius 1 is 1.29 bits per heavy atom. The molecule has 0 amide bonds. The van der Waals surface area contributed by atoms with E-state index >= 15 is 0 Å². The summed E-state index contributed by atoms with van der Waals surface area (Å²) in [5, 5.41) is 3.75. The van der Waals surface area contributed by atoms with Crippen molar-refractivity contribution in [2.75, 3.05) is 19.5 Å². The van der Waals surface area contributed by atoms with Crippen LogP contribution in [0.5, 0.6) is 5.75 Å². The van der Waals surface area contributed by atoms with Crippen molar-refractivity contribution in [2.24, 2.45) is 0 Å². The minimum absolute atomic E-state index is 0.132. The van der Waals surface area contributed by atoms with Gasteiger partial charge in [0.15, 0.2) is 0 Å². The van der Waals surface area contributed by atoms with E-state index in [1.807, 2.05) is 13.0 Å². The second-order valence-corrected chi connectivity index (χ2v) is 4.82. The second kappa shape index (κ2) is 6.54. The maximum atomic E-state index is 11.4. The highest BCUT2D eigenvalue weighted by Crippen LogP contribution is 2.29. The van der Waals surface area contributed by atoms with Crippen LogP contribution in [0.25, 0.3) is 0 Å². The summed E-state index contributed by atoms with van der Waals surface area (Å²) in [6, 6.07) is 8.58. The van der Waals surface area contributed by atoms with E-state index < -0.39 is 5.97 Å². The van der Waals surface area contributed by atoms with E-state index in [2.05, 4.69) is 10.1 Å². The number of carbonyl (C=O) groups is 1. The molecule has 0 saturated heterocycles. The quantitative estimate of drug-likeness (QED) is 0.849. The monoisotopic (exact) mass is 309 g/mol. The van der Waals surface area contributed by atoms with Gasteiger partial charge in [0.25, 0.3) is 0 Å². The van der Waals surface area contributed by atoms with Gasteiger partial charge in [-0.25, -0.2) is 4.79 Å². The number of anilines is 1. The molecule has 1 heterocycles. The van der Waals surface area contributed by atoms with Crippen molar-refractivity contribution in [2.45, 2.75) is 13.0 Å². The molecule has 5 nitrogen and oxygen atoms in total. The maximum absolute atomic E-state index is 11.4. The Balaban J connectivity index is 2.10. The predicted molar refractivity (Wildman–Crippen MR) is 80.1 cm³/mol. The number of hydrogen-bond donors (Lipinski definition) is 1. The molecule has 0 aliphatic heterocycles. The van der Waals surface area contributed by atoms with Gasteiger partial charge in [0.05, 0.1) is 25.3 Å². The van der Waals surface area contributed by atoms with Crippen LogP contribution in [0.2, 0.25) is 5.02 Å². The minimum atomic E-state index is -0.499. The molecule has 2 rings (SSSR count). The van der Waals surface area contributed by atoms with Crippen LogP contribution in [-0.4, -0.2) is 20.2 Å². The number of furan rings is 1. The Labute approximate surface area is 127 Å². The molecule has 0 radical (unpaired) electrons. The van der Waals surface area contributed by atoms with Gasteiger partial charge in [-0.1, -0.05) is 11.6 Å². The average molecular weight is 310 g/mol. The van der Waals surface area contributed by atoms with Gasteiger partial charge in [-0.15, -0.1) is 0 Å². The van der Waals surface area contributed by atoms with Crippen LogP contribution in [0.1, 0.15) is 29.3 Å². The summed E-state index contributed by atoms with van der Waals surface area (Å²) < 4.78 is 15.2. The van der Waals surface area contributed by atoms with Crippen LogP contribution in [0.4, 0.5) is 5.69 Å². The highest BCUT2D eigenvalue weighted by molar-refractivity contribution is 6.32. The Bertz CT molecular complexity index is 638. The van der Waals surface area contributed by atoms with Crippen molar-refractivity contribution >= 4 is 23.3 Å². The van der Waals surface area contributed by atoms with Crippen molar-refractivity contribution in [1.82, 2.24) is 0 Å². The van der Waals surface area contributed by atoms with Gasteiger partial charge in [0, 0.05) is 5.69 Å². The summed E-state index contributed by atoms with van der Waals surface area (Å²) in [4.78, 5) is 11.4. The Kier molecular flexibility index (Phi) is 4.75. The standard InChI is InChI=1S/C15H16ClNO4/c1-9(12-6-7-14(21-12)15(18)20-3)17-10-4-5-13(19-2)11(16)8-10/h4-9,17H,1-3H3. The summed E-state index contributed by atoms with van der Waals surface area (Å²) in [5.41, 5.74) is 0.823. The van der Waals surface area contributed by atoms with Crippen LogP contribution >= 0.6 is 11.6 Å². The topological polar surface area (TPSA) is 60.7 Å². The zero-order chi connectivity index (χ0) is 15.4. The Morgan fingerprint density at radius 3 is 2.67 bits per heavy atom. The minimum Gasteiger partial charge on any atom is -0.495 e. The molecule has 6 heteroatoms. The molecule has 1 atom stereocenters. The first-order valence-electron chi connectivity index (χ1n) is 6.33. The Hall–Kier alpha value is -2.14. The van der Waals surface area contributed by atoms with Crippen molar-refractivity contribution < 1.29 is 18.7 Å². The fraction of sp³-hybridized carbons (Fsp3) is 0.267. The average Bonchev–Trinajstić information content (AvgIpc) is 2.96. The molecule has 1 aromatic heterocycles. The first-order valence-corrected chi connectivity index (χ1v) is 6.71. The molecule has 0 aliphatic rings. The summed E-state index contributed by atoms with van der Waals surface area (Å²) in [6.45, 7) is 1.91. The van der Waals surface area contributed by atoms with Gasteiger partial charge in [0.2, 0.25) is 5.76 Å². The van der Waals surface area contributed by atoms with Crippen molar-refractivity contribution in [1.29, 1.82) is 0 Å². The number of carbonyl (C=O) groups excluding carboxylic acids is 1. The lowest BCUT2D eigenvalue weighted by atomic mass is 10.2. The van der Waals surface area contributed by atoms with Crippen LogP contribution in [0.15, 0.2) is 34.7 Å². The van der Waals surface area contributed by atoms with Gasteiger partial charge in [0.1, 0.15) is 11.5 Å². The molecular weight excluding hydrogens is 294 g/mol. The highest BCUT2D eigenvalue weighted by atomic mass is 35.5. The zero-order valence-corrected chi connectivity index (χ0v) is 12.7. The lowest BCUT2D eigenvalue weighted by Crippen LogP contribution is -2.06. The summed E-state index contributed by atoms with van der Waals surface area (Å²) in [7, 11) is 2.87. The van der Waals surface area contributed by atoms with E-state index in [1.165, 1.54) is 7.11 Å². The van der Waals surface area contributed by atoms with Crippen LogP contribution < -0.4 is 10.1 Å². The van der Waals surface area contributed by atoms with Crippen LogP contribution in [-0.2, 0) is 4.74 Å². The van der Waals surface area contributed by atoms with E-state index in [4.69, 9.17) is 20.8 Å². The van der Waals surface area contributed by atoms with Crippen LogP contribution in [0, 0.1) is 0 Å². The molecule has 1 aromatic carbocycles. The van der Waals surface area contributed by atoms with Crippen molar-refractivity contribution in [3.05, 3.63) is 46.9 Å². The van der Waals surface area contributed by atoms with Crippen molar-refractivity contribution in [3.8, 4) is 5.75 Å². The third-order valence-electron chi connectivity index (χ3n) is 2.98. The summed E-state index contributed by atoms with van der Waals surface area (Å²) >= 11 is 6.07. The third kappa shape index (κ3) is 3.49. The number of esters is 1. The maximum Gasteiger partial charge on any atom is 0.373 e. The molecular formula is C15H16ClNO4. The molecule has 0 aliphatic carbocycles. The number of rotatable bonds is 5. The first kappa shape index (κ1) is 15.3. The summed E-state index contributed by atoms with van der Waals surface area (Å²) in [5.74, 6) is 0.915. The number of hydrogen-bond acceptors (Lipinski definition) is 5. The third-order valence-corrected chi connectivity index (χ3v) is 3.27. The van der Waals surface area contributed by atoms with E-state index in [0.29, 0.717) is 16.5 Å². The molecule has 112 valence electrons. The smallest absolute Gasteiger partial charge is 0.373 e. The van der Waals surface area contributed by atoms with Gasteiger partial charge in [-0.05, 0) is 37.3 Å². The van der Waals surface area contributed by atoms with E-state index in [-0.39, 0.29) is 11.8 Å². The van der Waals surface area contributed by atoms with Crippen LogP contribution in [0.3, 0.4) is 0 Å². The lowest BCUT2D eigenvalue weighted by Gasteiger charge is -2.14. The van der Waals surface area contributed by atoms with Gasteiger partial charge in [-0.2, -0.15) is 0 Å². The fourth-order valence-corrected chi connectivity index (χ4v) is 2.13. The normalized spacial score (nSPS) is 11.8. The second-order valence-electron chi connectivity index (χ2n) is 4.41. The molecule has 1 unspecified atom stereocenters. The van der Waals surface area contributed by atoms with E-state index in [9.17, 15) is 4.79 Å². The zero-order valence-electron chi connectivity index (χ0n) is 12.0. The van der Waals surface area contributed by atoms with Gasteiger partial charge < -0.3 is 19.2 Å². The number of benzene rings is 1. The molecule has 0 spiro atoms. The number of ether oxygens (including phenoxy) is 2. The SMILES string of the molecule is COC(=O)c1ccc(C(C)Nc2ccc(OC)c(Cl)c2)o1. The van der Waals surface area contributed by atoms with Crippen molar-refractivity contribution in [3.63, 3.8) is 0 Å². The van der Waals surface area contributed by atoms with E-state index in [1.54, 1.807) is 31.4 Å². The predicted octanol–water partition coefficient (Wildman–Crippen LogP) is 3.90. The summed E-state index contributed by atoms with van der Waals surface area (Å²) in [6.07, 6.45) is 0. The highest BCUT2D eigenvalue weighted by Gasteiger charge is 2.15. The number of methoxy groups -OCH3 is 2. The molecule has 0 saturated carbocycles. The Morgan fingerprint density at radius 2 is 2.05 bits per heavy atom. The molecule has 21 heavy (non-hydrogen) atoms.